The van der Waals surface area contributed by atoms with Crippen molar-refractivity contribution in [3.63, 3.8) is 0 Å². The molecule has 0 saturated carbocycles. The minimum atomic E-state index is 0.154. The van der Waals surface area contributed by atoms with E-state index >= 15 is 0 Å². The number of carbonyl (C=O) groups is 1. The van der Waals surface area contributed by atoms with Gasteiger partial charge < -0.3 is 5.32 Å². The van der Waals surface area contributed by atoms with E-state index in [-0.39, 0.29) is 5.91 Å². The fourth-order valence-corrected chi connectivity index (χ4v) is 2.60. The van der Waals surface area contributed by atoms with Crippen LogP contribution in [0.2, 0.25) is 0 Å². The number of hydrogen-bond donors (Lipinski definition) is 1. The van der Waals surface area contributed by atoms with Crippen LogP contribution in [0.4, 0.5) is 0 Å². The van der Waals surface area contributed by atoms with Crippen molar-refractivity contribution in [2.75, 3.05) is 19.6 Å². The Morgan fingerprint density at radius 3 is 2.62 bits per heavy atom. The van der Waals surface area contributed by atoms with E-state index in [0.717, 1.165) is 32.6 Å². The van der Waals surface area contributed by atoms with Crippen LogP contribution in [-0.2, 0) is 11.3 Å². The summed E-state index contributed by atoms with van der Waals surface area (Å²) in [5, 5.41) is 11.8. The van der Waals surface area contributed by atoms with Gasteiger partial charge in [0.2, 0.25) is 5.91 Å². The van der Waals surface area contributed by atoms with Gasteiger partial charge in [0, 0.05) is 26.1 Å². The summed E-state index contributed by atoms with van der Waals surface area (Å²) in [5.41, 5.74) is 1.89. The molecule has 0 unspecified atom stereocenters. The fourth-order valence-electron chi connectivity index (χ4n) is 2.60. The van der Waals surface area contributed by atoms with Crippen molar-refractivity contribution in [3.05, 3.63) is 35.4 Å². The molecule has 2 rings (SSSR count). The third kappa shape index (κ3) is 5.57. The van der Waals surface area contributed by atoms with E-state index in [1.54, 1.807) is 0 Å². The van der Waals surface area contributed by atoms with Crippen molar-refractivity contribution in [1.29, 1.82) is 5.26 Å². The molecule has 0 bridgehead atoms. The highest BCUT2D eigenvalue weighted by Crippen LogP contribution is 2.10. The average molecular weight is 285 g/mol. The van der Waals surface area contributed by atoms with Gasteiger partial charge in [0.1, 0.15) is 0 Å². The van der Waals surface area contributed by atoms with Crippen LogP contribution in [0.3, 0.4) is 0 Å². The Kier molecular flexibility index (Phi) is 6.23. The summed E-state index contributed by atoms with van der Waals surface area (Å²) >= 11 is 0. The predicted molar refractivity (Wildman–Crippen MR) is 82.5 cm³/mol. The number of rotatable bonds is 2. The van der Waals surface area contributed by atoms with Gasteiger partial charge in [-0.2, -0.15) is 5.26 Å². The number of amides is 1. The molecule has 1 aliphatic heterocycles. The summed E-state index contributed by atoms with van der Waals surface area (Å²) in [4.78, 5) is 14.1. The molecule has 1 fully saturated rings. The van der Waals surface area contributed by atoms with Crippen LogP contribution in [0.1, 0.15) is 43.2 Å². The topological polar surface area (TPSA) is 56.1 Å². The van der Waals surface area contributed by atoms with E-state index < -0.39 is 0 Å². The zero-order chi connectivity index (χ0) is 14.9. The summed E-state index contributed by atoms with van der Waals surface area (Å²) in [6, 6.07) is 9.86. The first-order chi connectivity index (χ1) is 10.3. The van der Waals surface area contributed by atoms with Crippen LogP contribution < -0.4 is 5.32 Å². The molecule has 0 atom stereocenters. The molecule has 1 heterocycles. The van der Waals surface area contributed by atoms with Crippen molar-refractivity contribution in [2.24, 2.45) is 0 Å². The van der Waals surface area contributed by atoms with E-state index in [1.807, 2.05) is 24.3 Å². The Bertz CT molecular complexity index is 490. The minimum absolute atomic E-state index is 0.154. The van der Waals surface area contributed by atoms with Crippen molar-refractivity contribution >= 4 is 5.91 Å². The highest BCUT2D eigenvalue weighted by molar-refractivity contribution is 5.76. The number of hydrogen-bond acceptors (Lipinski definition) is 3. The Hall–Kier alpha value is -1.86. The summed E-state index contributed by atoms with van der Waals surface area (Å²) in [7, 11) is 0. The molecule has 0 spiro atoms. The van der Waals surface area contributed by atoms with Crippen molar-refractivity contribution in [1.82, 2.24) is 10.2 Å². The number of nitrogens with one attached hydrogen (secondary N) is 1. The molecule has 1 amide bonds. The quantitative estimate of drug-likeness (QED) is 0.908. The highest BCUT2D eigenvalue weighted by Gasteiger charge is 2.10. The summed E-state index contributed by atoms with van der Waals surface area (Å²) < 4.78 is 0. The van der Waals surface area contributed by atoms with Gasteiger partial charge in [0.05, 0.1) is 11.6 Å². The maximum absolute atomic E-state index is 11.7. The summed E-state index contributed by atoms with van der Waals surface area (Å²) in [5.74, 6) is 0.154. The molecular formula is C17H23N3O. The van der Waals surface area contributed by atoms with Crippen LogP contribution in [0.15, 0.2) is 24.3 Å². The molecule has 1 N–H and O–H groups in total. The van der Waals surface area contributed by atoms with Gasteiger partial charge in [0.25, 0.3) is 0 Å². The van der Waals surface area contributed by atoms with Gasteiger partial charge in [-0.3, -0.25) is 9.69 Å². The third-order valence-electron chi connectivity index (χ3n) is 3.87. The molecule has 4 nitrogen and oxygen atoms in total. The van der Waals surface area contributed by atoms with E-state index in [2.05, 4.69) is 16.3 Å². The van der Waals surface area contributed by atoms with Crippen LogP contribution in [0, 0.1) is 11.3 Å². The molecule has 21 heavy (non-hydrogen) atoms. The van der Waals surface area contributed by atoms with Gasteiger partial charge in [0.15, 0.2) is 0 Å². The lowest BCUT2D eigenvalue weighted by Crippen LogP contribution is -2.31. The van der Waals surface area contributed by atoms with Gasteiger partial charge in [-0.15, -0.1) is 0 Å². The molecule has 0 aliphatic carbocycles. The van der Waals surface area contributed by atoms with Gasteiger partial charge in [-0.1, -0.05) is 25.0 Å². The maximum atomic E-state index is 11.7. The molecule has 112 valence electrons. The lowest BCUT2D eigenvalue weighted by atomic mass is 10.1. The van der Waals surface area contributed by atoms with E-state index in [1.165, 1.54) is 24.8 Å². The largest absolute Gasteiger partial charge is 0.356 e. The van der Waals surface area contributed by atoms with Gasteiger partial charge in [-0.25, -0.2) is 0 Å². The lowest BCUT2D eigenvalue weighted by molar-refractivity contribution is -0.121. The molecule has 1 aromatic rings. The van der Waals surface area contributed by atoms with Crippen LogP contribution in [0.25, 0.3) is 0 Å². The first kappa shape index (κ1) is 15.5. The maximum Gasteiger partial charge on any atom is 0.221 e. The highest BCUT2D eigenvalue weighted by atomic mass is 16.1. The normalized spacial score (nSPS) is 18.3. The zero-order valence-corrected chi connectivity index (χ0v) is 12.5. The minimum Gasteiger partial charge on any atom is -0.356 e. The monoisotopic (exact) mass is 285 g/mol. The SMILES string of the molecule is N#Cc1ccc(CN2CCCCCCNC(=O)CC2)cc1. The zero-order valence-electron chi connectivity index (χ0n) is 12.5. The van der Waals surface area contributed by atoms with E-state index in [0.29, 0.717) is 12.0 Å². The summed E-state index contributed by atoms with van der Waals surface area (Å²) in [6.07, 6.45) is 5.24. The van der Waals surface area contributed by atoms with Crippen molar-refractivity contribution < 1.29 is 4.79 Å². The number of carbonyl (C=O) groups excluding carboxylic acids is 1. The number of nitriles is 1. The van der Waals surface area contributed by atoms with Gasteiger partial charge in [-0.05, 0) is 37.1 Å². The van der Waals surface area contributed by atoms with Crippen LogP contribution in [0.5, 0.6) is 0 Å². The smallest absolute Gasteiger partial charge is 0.221 e. The molecule has 0 radical (unpaired) electrons. The second-order valence-electron chi connectivity index (χ2n) is 5.60. The van der Waals surface area contributed by atoms with Crippen LogP contribution >= 0.6 is 0 Å². The predicted octanol–water partition coefficient (Wildman–Crippen LogP) is 2.44. The number of nitrogens with zero attached hydrogens (tertiary/aromatic N) is 2. The third-order valence-corrected chi connectivity index (χ3v) is 3.87. The Morgan fingerprint density at radius 2 is 1.86 bits per heavy atom. The van der Waals surface area contributed by atoms with Crippen molar-refractivity contribution in [3.8, 4) is 6.07 Å². The standard InChI is InChI=1S/C17H23N3O/c18-13-15-5-7-16(8-6-15)14-20-11-4-2-1-3-10-19-17(21)9-12-20/h5-8H,1-4,9-12,14H2,(H,19,21). The van der Waals surface area contributed by atoms with E-state index in [9.17, 15) is 4.79 Å². The second kappa shape index (κ2) is 8.43. The first-order valence-electron chi connectivity index (χ1n) is 7.76. The lowest BCUT2D eigenvalue weighted by Gasteiger charge is -2.21. The Balaban J connectivity index is 1.93. The van der Waals surface area contributed by atoms with Crippen molar-refractivity contribution in [2.45, 2.75) is 38.6 Å². The van der Waals surface area contributed by atoms with Gasteiger partial charge >= 0.3 is 0 Å². The van der Waals surface area contributed by atoms with E-state index in [4.69, 9.17) is 5.26 Å². The average Bonchev–Trinajstić information content (AvgIpc) is 2.55. The molecule has 1 aliphatic rings. The Morgan fingerprint density at radius 1 is 1.10 bits per heavy atom. The van der Waals surface area contributed by atoms with Crippen LogP contribution in [-0.4, -0.2) is 30.4 Å². The molecule has 4 heteroatoms. The molecule has 0 aromatic heterocycles. The number of benzene rings is 1. The second-order valence-corrected chi connectivity index (χ2v) is 5.60. The Labute approximate surface area is 126 Å². The molecule has 1 aromatic carbocycles. The molecule has 1 saturated heterocycles. The first-order valence-corrected chi connectivity index (χ1v) is 7.76. The molecular weight excluding hydrogens is 262 g/mol. The summed E-state index contributed by atoms with van der Waals surface area (Å²) in [6.45, 7) is 3.49. The fraction of sp³-hybridized carbons (Fsp3) is 0.529.